The molecule has 0 saturated carbocycles. The summed E-state index contributed by atoms with van der Waals surface area (Å²) in [6.07, 6.45) is 1.78. The number of nitrogen functional groups attached to an aromatic ring is 1. The molecule has 1 aliphatic rings. The summed E-state index contributed by atoms with van der Waals surface area (Å²) in [5.41, 5.74) is 5.71. The Balaban J connectivity index is 1.69. The quantitative estimate of drug-likeness (QED) is 0.753. The first kappa shape index (κ1) is 18.9. The Morgan fingerprint density at radius 1 is 1.11 bits per heavy atom. The monoisotopic (exact) mass is 372 g/mol. The van der Waals surface area contributed by atoms with E-state index in [1.165, 1.54) is 19.7 Å². The molecule has 1 aromatic heterocycles. The molecule has 2 heterocycles. The maximum absolute atomic E-state index is 12.7. The third-order valence-corrected chi connectivity index (χ3v) is 5.31. The van der Waals surface area contributed by atoms with Crippen LogP contribution < -0.4 is 17.0 Å². The number of rotatable bonds is 4. The standard InChI is InChI=1S/C19H24N4O4/c1-21-17(20)16(18(26)22(2)19(21)27)15(25)11-23-9-7-13(8-10-23)12-3-5-14(24)6-4-12/h3-6,13,24H,7-11,20H2,1-2H3. The zero-order valence-corrected chi connectivity index (χ0v) is 15.5. The fourth-order valence-corrected chi connectivity index (χ4v) is 3.58. The van der Waals surface area contributed by atoms with E-state index in [4.69, 9.17) is 5.73 Å². The smallest absolute Gasteiger partial charge is 0.332 e. The molecule has 0 spiro atoms. The molecule has 0 bridgehead atoms. The Hall–Kier alpha value is -2.87. The van der Waals surface area contributed by atoms with Crippen LogP contribution in [0, 0.1) is 0 Å². The second kappa shape index (κ2) is 7.40. The molecule has 0 aliphatic carbocycles. The SMILES string of the molecule is Cn1c(N)c(C(=O)CN2CCC(c3ccc(O)cc3)CC2)c(=O)n(C)c1=O. The van der Waals surface area contributed by atoms with E-state index < -0.39 is 11.2 Å². The fraction of sp³-hybridized carbons (Fsp3) is 0.421. The number of benzene rings is 1. The normalized spacial score (nSPS) is 15.8. The van der Waals surface area contributed by atoms with E-state index in [-0.39, 0.29) is 29.5 Å². The van der Waals surface area contributed by atoms with Crippen LogP contribution >= 0.6 is 0 Å². The largest absolute Gasteiger partial charge is 0.508 e. The molecule has 2 aromatic rings. The molecule has 1 aromatic carbocycles. The number of hydrogen-bond acceptors (Lipinski definition) is 6. The summed E-state index contributed by atoms with van der Waals surface area (Å²) < 4.78 is 2.02. The van der Waals surface area contributed by atoms with Crippen LogP contribution in [0.4, 0.5) is 5.82 Å². The second-order valence-corrected chi connectivity index (χ2v) is 7.03. The van der Waals surface area contributed by atoms with E-state index in [2.05, 4.69) is 0 Å². The van der Waals surface area contributed by atoms with Gasteiger partial charge in [0.25, 0.3) is 5.56 Å². The lowest BCUT2D eigenvalue weighted by Gasteiger charge is -2.31. The predicted molar refractivity (Wildman–Crippen MR) is 102 cm³/mol. The average Bonchev–Trinajstić information content (AvgIpc) is 2.66. The number of aromatic nitrogens is 2. The molecule has 1 saturated heterocycles. The van der Waals surface area contributed by atoms with Gasteiger partial charge in [-0.2, -0.15) is 0 Å². The van der Waals surface area contributed by atoms with Gasteiger partial charge in [0.15, 0.2) is 5.78 Å². The average molecular weight is 372 g/mol. The van der Waals surface area contributed by atoms with Crippen molar-refractivity contribution in [2.75, 3.05) is 25.4 Å². The number of aromatic hydroxyl groups is 1. The number of nitrogens with zero attached hydrogens (tertiary/aromatic N) is 3. The molecule has 144 valence electrons. The van der Waals surface area contributed by atoms with Crippen LogP contribution in [0.5, 0.6) is 5.75 Å². The number of piperidine rings is 1. The van der Waals surface area contributed by atoms with Crippen LogP contribution in [-0.2, 0) is 14.1 Å². The van der Waals surface area contributed by atoms with E-state index >= 15 is 0 Å². The summed E-state index contributed by atoms with van der Waals surface area (Å²) in [6, 6.07) is 7.22. The molecule has 0 atom stereocenters. The highest BCUT2D eigenvalue weighted by molar-refractivity contribution is 6.01. The number of carbonyl (C=O) groups excluding carboxylic acids is 1. The lowest BCUT2D eigenvalue weighted by molar-refractivity contribution is 0.0907. The predicted octanol–water partition coefficient (Wildman–Crippen LogP) is 0.434. The van der Waals surface area contributed by atoms with Crippen LogP contribution in [0.25, 0.3) is 0 Å². The number of phenolic OH excluding ortho intramolecular Hbond substituents is 1. The van der Waals surface area contributed by atoms with Gasteiger partial charge in [-0.15, -0.1) is 0 Å². The number of hydrogen-bond donors (Lipinski definition) is 2. The van der Waals surface area contributed by atoms with Crippen molar-refractivity contribution in [3.05, 3.63) is 56.2 Å². The molecule has 1 fully saturated rings. The zero-order chi connectivity index (χ0) is 19.7. The van der Waals surface area contributed by atoms with E-state index in [0.29, 0.717) is 5.92 Å². The zero-order valence-electron chi connectivity index (χ0n) is 15.5. The number of ketones is 1. The Morgan fingerprint density at radius 2 is 1.70 bits per heavy atom. The van der Waals surface area contributed by atoms with Gasteiger partial charge in [0.2, 0.25) is 0 Å². The summed E-state index contributed by atoms with van der Waals surface area (Å²) in [4.78, 5) is 38.9. The number of carbonyl (C=O) groups is 1. The van der Waals surface area contributed by atoms with Crippen LogP contribution in [0.3, 0.4) is 0 Å². The van der Waals surface area contributed by atoms with Gasteiger partial charge in [-0.05, 0) is 49.5 Å². The first-order valence-electron chi connectivity index (χ1n) is 8.89. The van der Waals surface area contributed by atoms with Gasteiger partial charge in [0, 0.05) is 14.1 Å². The second-order valence-electron chi connectivity index (χ2n) is 7.03. The topological polar surface area (TPSA) is 111 Å². The third-order valence-electron chi connectivity index (χ3n) is 5.31. The van der Waals surface area contributed by atoms with Crippen molar-refractivity contribution in [2.24, 2.45) is 14.1 Å². The fourth-order valence-electron chi connectivity index (χ4n) is 3.58. The summed E-state index contributed by atoms with van der Waals surface area (Å²) in [7, 11) is 2.78. The molecule has 0 unspecified atom stereocenters. The minimum atomic E-state index is -0.653. The van der Waals surface area contributed by atoms with Crippen LogP contribution in [0.2, 0.25) is 0 Å². The number of nitrogens with two attached hydrogens (primary N) is 1. The number of anilines is 1. The van der Waals surface area contributed by atoms with Crippen LogP contribution in [-0.4, -0.2) is 44.6 Å². The van der Waals surface area contributed by atoms with E-state index in [9.17, 15) is 19.5 Å². The molecular formula is C19H24N4O4. The summed E-state index contributed by atoms with van der Waals surface area (Å²) in [6.45, 7) is 1.55. The lowest BCUT2D eigenvalue weighted by Crippen LogP contribution is -2.44. The highest BCUT2D eigenvalue weighted by Gasteiger charge is 2.25. The Kier molecular flexibility index (Phi) is 5.18. The van der Waals surface area contributed by atoms with E-state index in [1.807, 2.05) is 17.0 Å². The molecule has 8 nitrogen and oxygen atoms in total. The van der Waals surface area contributed by atoms with Gasteiger partial charge in [-0.3, -0.25) is 23.6 Å². The third kappa shape index (κ3) is 3.66. The number of Topliss-reactive ketones (excluding diaryl/α,β-unsaturated/α-hetero) is 1. The maximum atomic E-state index is 12.7. The molecule has 0 radical (unpaired) electrons. The highest BCUT2D eigenvalue weighted by atomic mass is 16.3. The first-order chi connectivity index (χ1) is 12.8. The molecular weight excluding hydrogens is 348 g/mol. The Labute approximate surface area is 156 Å². The van der Waals surface area contributed by atoms with Crippen molar-refractivity contribution in [1.29, 1.82) is 0 Å². The summed E-state index contributed by atoms with van der Waals surface area (Å²) in [5, 5.41) is 9.40. The van der Waals surface area contributed by atoms with E-state index in [1.54, 1.807) is 12.1 Å². The van der Waals surface area contributed by atoms with E-state index in [0.717, 1.165) is 35.1 Å². The molecule has 0 amide bonds. The van der Waals surface area contributed by atoms with Crippen molar-refractivity contribution in [3.63, 3.8) is 0 Å². The first-order valence-corrected chi connectivity index (χ1v) is 8.89. The van der Waals surface area contributed by atoms with Crippen LogP contribution in [0.15, 0.2) is 33.9 Å². The van der Waals surface area contributed by atoms with Crippen molar-refractivity contribution >= 4 is 11.6 Å². The minimum Gasteiger partial charge on any atom is -0.508 e. The minimum absolute atomic E-state index is 0.0907. The summed E-state index contributed by atoms with van der Waals surface area (Å²) >= 11 is 0. The van der Waals surface area contributed by atoms with Crippen molar-refractivity contribution in [2.45, 2.75) is 18.8 Å². The summed E-state index contributed by atoms with van der Waals surface area (Å²) in [5.74, 6) is 0.171. The van der Waals surface area contributed by atoms with Gasteiger partial charge in [0.1, 0.15) is 17.1 Å². The molecule has 8 heteroatoms. The Bertz CT molecular complexity index is 967. The molecule has 27 heavy (non-hydrogen) atoms. The van der Waals surface area contributed by atoms with Gasteiger partial charge < -0.3 is 10.8 Å². The Morgan fingerprint density at radius 3 is 2.30 bits per heavy atom. The van der Waals surface area contributed by atoms with Crippen molar-refractivity contribution in [3.8, 4) is 5.75 Å². The van der Waals surface area contributed by atoms with Crippen molar-refractivity contribution in [1.82, 2.24) is 14.0 Å². The van der Waals surface area contributed by atoms with Crippen molar-refractivity contribution < 1.29 is 9.90 Å². The number of likely N-dealkylation sites (tertiary alicyclic amines) is 1. The van der Waals surface area contributed by atoms with Gasteiger partial charge >= 0.3 is 5.69 Å². The number of phenols is 1. The van der Waals surface area contributed by atoms with Gasteiger partial charge in [0.05, 0.1) is 6.54 Å². The molecule has 1 aliphatic heterocycles. The molecule has 3 rings (SSSR count). The highest BCUT2D eigenvalue weighted by Crippen LogP contribution is 2.29. The van der Waals surface area contributed by atoms with Crippen LogP contribution in [0.1, 0.15) is 34.7 Å². The maximum Gasteiger partial charge on any atom is 0.332 e. The lowest BCUT2D eigenvalue weighted by atomic mass is 9.89. The van der Waals surface area contributed by atoms with Gasteiger partial charge in [-0.25, -0.2) is 4.79 Å². The van der Waals surface area contributed by atoms with Gasteiger partial charge in [-0.1, -0.05) is 12.1 Å². The molecule has 3 N–H and O–H groups in total.